The molecule has 0 spiro atoms. The molecule has 172 valence electrons. The number of anilines is 1. The maximum atomic E-state index is 13.8. The summed E-state index contributed by atoms with van der Waals surface area (Å²) in [5.41, 5.74) is 0.506. The van der Waals surface area contributed by atoms with E-state index in [1.165, 1.54) is 16.2 Å². The average molecular weight is 505 g/mol. The molecule has 3 heterocycles. The Labute approximate surface area is 205 Å². The Morgan fingerprint density at radius 1 is 0.943 bits per heavy atom. The quantitative estimate of drug-likeness (QED) is 0.175. The van der Waals surface area contributed by atoms with Crippen molar-refractivity contribution >= 4 is 66.2 Å². The van der Waals surface area contributed by atoms with Crippen LogP contribution in [0.3, 0.4) is 0 Å². The van der Waals surface area contributed by atoms with Gasteiger partial charge >= 0.3 is 5.91 Å². The number of amides is 1. The lowest BCUT2D eigenvalue weighted by Crippen LogP contribution is -2.28. The van der Waals surface area contributed by atoms with Crippen LogP contribution in [0.25, 0.3) is 26.7 Å². The molecule has 1 unspecified atom stereocenters. The van der Waals surface area contributed by atoms with E-state index in [1.807, 2.05) is 30.3 Å². The molecule has 1 amide bonds. The Morgan fingerprint density at radius 3 is 2.49 bits per heavy atom. The van der Waals surface area contributed by atoms with Crippen LogP contribution < -0.4 is 4.90 Å². The van der Waals surface area contributed by atoms with Crippen LogP contribution in [0.15, 0.2) is 77.7 Å². The van der Waals surface area contributed by atoms with Crippen molar-refractivity contribution in [3.05, 3.63) is 99.8 Å². The zero-order chi connectivity index (χ0) is 24.3. The number of thiazole rings is 1. The number of benzene rings is 3. The van der Waals surface area contributed by atoms with Gasteiger partial charge in [-0.15, -0.1) is 11.3 Å². The van der Waals surface area contributed by atoms with Crippen molar-refractivity contribution in [1.82, 2.24) is 4.98 Å². The van der Waals surface area contributed by atoms with Crippen LogP contribution in [0, 0.1) is 11.6 Å². The van der Waals surface area contributed by atoms with Crippen molar-refractivity contribution in [3.8, 4) is 0 Å². The van der Waals surface area contributed by atoms with Gasteiger partial charge in [-0.05, 0) is 34.4 Å². The standard InChI is InChI=1S/C26H14F2N2O3S2/c27-16-11-18-20(12-17(16)28)35-26(29-18)30-22(19-6-3-9-34-19)21(24(32)25(30)33)23(31)15-8-7-13-4-1-2-5-14(13)10-15/h1-12,22,31H/b23-21+. The number of thiophene rings is 1. The molecule has 1 aliphatic rings. The summed E-state index contributed by atoms with van der Waals surface area (Å²) >= 11 is 2.29. The molecule has 9 heteroatoms. The third kappa shape index (κ3) is 3.43. The van der Waals surface area contributed by atoms with Gasteiger partial charge in [0.15, 0.2) is 16.8 Å². The zero-order valence-electron chi connectivity index (χ0n) is 17.7. The molecule has 35 heavy (non-hydrogen) atoms. The number of hydrogen-bond acceptors (Lipinski definition) is 6. The normalized spacial score (nSPS) is 17.7. The molecule has 1 saturated heterocycles. The fraction of sp³-hybridized carbons (Fsp3) is 0.0385. The van der Waals surface area contributed by atoms with E-state index in [4.69, 9.17) is 0 Å². The van der Waals surface area contributed by atoms with E-state index in [9.17, 15) is 23.5 Å². The van der Waals surface area contributed by atoms with Gasteiger partial charge in [0.05, 0.1) is 15.8 Å². The van der Waals surface area contributed by atoms with Crippen molar-refractivity contribution in [2.24, 2.45) is 0 Å². The molecule has 1 aliphatic heterocycles. The van der Waals surface area contributed by atoms with Gasteiger partial charge in [-0.3, -0.25) is 14.5 Å². The van der Waals surface area contributed by atoms with Gasteiger partial charge in [0.2, 0.25) is 0 Å². The molecule has 6 rings (SSSR count). The van der Waals surface area contributed by atoms with Crippen molar-refractivity contribution in [3.63, 3.8) is 0 Å². The van der Waals surface area contributed by atoms with Crippen LogP contribution in [0.2, 0.25) is 0 Å². The lowest BCUT2D eigenvalue weighted by atomic mass is 9.98. The van der Waals surface area contributed by atoms with E-state index in [0.29, 0.717) is 15.1 Å². The number of aliphatic hydroxyl groups is 1. The Kier molecular flexibility index (Phi) is 4.98. The molecule has 0 saturated carbocycles. The first-order valence-electron chi connectivity index (χ1n) is 10.5. The molecule has 3 aromatic carbocycles. The molecule has 1 fully saturated rings. The second-order valence-corrected chi connectivity index (χ2v) is 9.97. The first-order chi connectivity index (χ1) is 16.9. The Morgan fingerprint density at radius 2 is 1.71 bits per heavy atom. The number of ketones is 1. The highest BCUT2D eigenvalue weighted by molar-refractivity contribution is 7.22. The van der Waals surface area contributed by atoms with Gasteiger partial charge in [0.25, 0.3) is 5.78 Å². The number of aliphatic hydroxyl groups excluding tert-OH is 1. The van der Waals surface area contributed by atoms with Gasteiger partial charge in [0.1, 0.15) is 11.8 Å². The molecule has 1 atom stereocenters. The van der Waals surface area contributed by atoms with E-state index < -0.39 is 29.4 Å². The zero-order valence-corrected chi connectivity index (χ0v) is 19.4. The highest BCUT2D eigenvalue weighted by atomic mass is 32.1. The van der Waals surface area contributed by atoms with E-state index >= 15 is 0 Å². The van der Waals surface area contributed by atoms with Crippen LogP contribution in [-0.4, -0.2) is 21.8 Å². The van der Waals surface area contributed by atoms with Gasteiger partial charge in [-0.2, -0.15) is 0 Å². The summed E-state index contributed by atoms with van der Waals surface area (Å²) in [5, 5.41) is 15.0. The minimum Gasteiger partial charge on any atom is -0.507 e. The first kappa shape index (κ1) is 21.6. The summed E-state index contributed by atoms with van der Waals surface area (Å²) in [7, 11) is 0. The SMILES string of the molecule is O=C1C(=O)N(c2nc3cc(F)c(F)cc3s2)C(c2cccs2)/C1=C(\O)c1ccc2ccccc2c1. The van der Waals surface area contributed by atoms with Crippen LogP contribution in [0.1, 0.15) is 16.5 Å². The number of halogens is 2. The molecule has 2 aromatic heterocycles. The van der Waals surface area contributed by atoms with Crippen LogP contribution in [0.5, 0.6) is 0 Å². The molecule has 0 radical (unpaired) electrons. The van der Waals surface area contributed by atoms with E-state index in [2.05, 4.69) is 4.98 Å². The first-order valence-corrected chi connectivity index (χ1v) is 12.2. The second kappa shape index (κ2) is 8.07. The molecular weight excluding hydrogens is 490 g/mol. The number of hydrogen-bond donors (Lipinski definition) is 1. The third-order valence-corrected chi connectivity index (χ3v) is 7.85. The maximum absolute atomic E-state index is 13.8. The molecule has 1 N–H and O–H groups in total. The van der Waals surface area contributed by atoms with E-state index in [1.54, 1.807) is 29.6 Å². The van der Waals surface area contributed by atoms with Crippen molar-refractivity contribution in [1.29, 1.82) is 0 Å². The fourth-order valence-corrected chi connectivity index (χ4v) is 6.07. The van der Waals surface area contributed by atoms with Gasteiger partial charge in [-0.1, -0.05) is 53.8 Å². The topological polar surface area (TPSA) is 70.5 Å². The molecule has 5 nitrogen and oxygen atoms in total. The Hall–Kier alpha value is -3.95. The van der Waals surface area contributed by atoms with E-state index in [-0.39, 0.29) is 22.0 Å². The number of carbonyl (C=O) groups excluding carboxylic acids is 2. The summed E-state index contributed by atoms with van der Waals surface area (Å²) in [6, 6.07) is 17.4. The summed E-state index contributed by atoms with van der Waals surface area (Å²) in [4.78, 5) is 32.6. The Bertz CT molecular complexity index is 1650. The number of carbonyl (C=O) groups is 2. The molecule has 0 bridgehead atoms. The summed E-state index contributed by atoms with van der Waals surface area (Å²) in [6.07, 6.45) is 0. The minimum absolute atomic E-state index is 0.0654. The van der Waals surface area contributed by atoms with Gasteiger partial charge in [0, 0.05) is 16.5 Å². The van der Waals surface area contributed by atoms with Crippen LogP contribution >= 0.6 is 22.7 Å². The van der Waals surface area contributed by atoms with Gasteiger partial charge < -0.3 is 5.11 Å². The second-order valence-electron chi connectivity index (χ2n) is 7.98. The average Bonchev–Trinajstić information content (AvgIpc) is 3.58. The fourth-order valence-electron chi connectivity index (χ4n) is 4.25. The molecular formula is C26H14F2N2O3S2. The van der Waals surface area contributed by atoms with Crippen molar-refractivity contribution in [2.45, 2.75) is 6.04 Å². The number of Topliss-reactive ketones (excluding diaryl/α,β-unsaturated/α-hetero) is 1. The number of rotatable bonds is 3. The van der Waals surface area contributed by atoms with Crippen LogP contribution in [0.4, 0.5) is 13.9 Å². The lowest BCUT2D eigenvalue weighted by molar-refractivity contribution is -0.132. The largest absolute Gasteiger partial charge is 0.507 e. The number of nitrogens with zero attached hydrogens (tertiary/aromatic N) is 2. The lowest BCUT2D eigenvalue weighted by Gasteiger charge is -2.21. The summed E-state index contributed by atoms with van der Waals surface area (Å²) in [5.74, 6) is -4.10. The smallest absolute Gasteiger partial charge is 0.301 e. The predicted octanol–water partition coefficient (Wildman–Crippen LogP) is 6.42. The summed E-state index contributed by atoms with van der Waals surface area (Å²) < 4.78 is 27.9. The third-order valence-electron chi connectivity index (χ3n) is 5.91. The highest BCUT2D eigenvalue weighted by Gasteiger charge is 2.48. The highest BCUT2D eigenvalue weighted by Crippen LogP contribution is 2.45. The molecule has 5 aromatic rings. The van der Waals surface area contributed by atoms with Crippen LogP contribution in [-0.2, 0) is 9.59 Å². The summed E-state index contributed by atoms with van der Waals surface area (Å²) in [6.45, 7) is 0. The number of aromatic nitrogens is 1. The van der Waals surface area contributed by atoms with Gasteiger partial charge in [-0.25, -0.2) is 13.8 Å². The van der Waals surface area contributed by atoms with Crippen molar-refractivity contribution < 1.29 is 23.5 Å². The minimum atomic E-state index is -1.05. The predicted molar refractivity (Wildman–Crippen MR) is 133 cm³/mol. The van der Waals surface area contributed by atoms with Crippen molar-refractivity contribution in [2.75, 3.05) is 4.90 Å². The molecule has 0 aliphatic carbocycles. The maximum Gasteiger partial charge on any atom is 0.301 e. The van der Waals surface area contributed by atoms with E-state index in [0.717, 1.165) is 34.2 Å². The number of fused-ring (bicyclic) bond motifs is 2. The Balaban J connectivity index is 1.55. The monoisotopic (exact) mass is 504 g/mol.